The van der Waals surface area contributed by atoms with E-state index >= 15 is 0 Å². The summed E-state index contributed by atoms with van der Waals surface area (Å²) in [5, 5.41) is 6.36. The number of carbonyl (C=O) groups excluding carboxylic acids is 3. The quantitative estimate of drug-likeness (QED) is 0.420. The van der Waals surface area contributed by atoms with Gasteiger partial charge in [0.25, 0.3) is 0 Å². The number of morpholine rings is 1. The van der Waals surface area contributed by atoms with Crippen molar-refractivity contribution < 1.29 is 23.9 Å². The van der Waals surface area contributed by atoms with Crippen LogP contribution < -0.4 is 10.6 Å². The van der Waals surface area contributed by atoms with Crippen molar-refractivity contribution >= 4 is 17.7 Å². The SMILES string of the molecule is CCN(C1CCOCC1)C1CC(C2CCC(CN3CCOCC3=O)CC2)CC(C(=O)NCC2C(=O)NC(C)CC2C)C1C. The monoisotopic (exact) mass is 602 g/mol. The number of ether oxygens (including phenoxy) is 2. The molecule has 2 aliphatic carbocycles. The first-order valence-electron chi connectivity index (χ1n) is 17.5. The van der Waals surface area contributed by atoms with E-state index < -0.39 is 0 Å². The summed E-state index contributed by atoms with van der Waals surface area (Å²) in [6.07, 6.45) is 9.88. The van der Waals surface area contributed by atoms with E-state index in [9.17, 15) is 14.4 Å². The van der Waals surface area contributed by atoms with Gasteiger partial charge in [-0.15, -0.1) is 0 Å². The smallest absolute Gasteiger partial charge is 0.248 e. The van der Waals surface area contributed by atoms with Crippen molar-refractivity contribution in [2.24, 2.45) is 41.4 Å². The van der Waals surface area contributed by atoms with Crippen LogP contribution in [0.15, 0.2) is 0 Å². The van der Waals surface area contributed by atoms with E-state index in [0.717, 1.165) is 77.8 Å². The molecule has 3 amide bonds. The maximum Gasteiger partial charge on any atom is 0.248 e. The molecule has 3 heterocycles. The van der Waals surface area contributed by atoms with Gasteiger partial charge in [0.1, 0.15) is 6.61 Å². The molecule has 3 aliphatic heterocycles. The first-order chi connectivity index (χ1) is 20.7. The number of rotatable bonds is 9. The van der Waals surface area contributed by atoms with Gasteiger partial charge in [0, 0.05) is 56.9 Å². The molecule has 0 spiro atoms. The van der Waals surface area contributed by atoms with Crippen molar-refractivity contribution in [3.05, 3.63) is 0 Å². The normalized spacial score (nSPS) is 38.2. The van der Waals surface area contributed by atoms with E-state index in [2.05, 4.69) is 43.2 Å². The Kier molecular flexibility index (Phi) is 11.4. The van der Waals surface area contributed by atoms with Gasteiger partial charge >= 0.3 is 0 Å². The molecular formula is C34H58N4O5. The van der Waals surface area contributed by atoms with E-state index in [4.69, 9.17) is 9.47 Å². The molecule has 9 heteroatoms. The Hall–Kier alpha value is -1.71. The summed E-state index contributed by atoms with van der Waals surface area (Å²) in [5.41, 5.74) is 0. The number of amides is 3. The zero-order valence-corrected chi connectivity index (χ0v) is 27.2. The maximum atomic E-state index is 14.0. The zero-order valence-electron chi connectivity index (χ0n) is 27.2. The standard InChI is InChI=1S/C34H58N4O5/c1-5-38(28-10-13-42-14-11-28)31-18-27(26-8-6-25(7-9-26)20-37-12-15-43-21-32(37)39)17-29(24(31)4)33(40)35-19-30-22(2)16-23(3)36-34(30)41/h22-31H,5-21H2,1-4H3,(H,35,40)(H,36,41). The molecule has 0 radical (unpaired) electrons. The third kappa shape index (κ3) is 7.93. The van der Waals surface area contributed by atoms with Crippen LogP contribution in [0.3, 0.4) is 0 Å². The van der Waals surface area contributed by atoms with Crippen LogP contribution in [-0.4, -0.2) is 98.3 Å². The highest BCUT2D eigenvalue weighted by Crippen LogP contribution is 2.46. The summed E-state index contributed by atoms with van der Waals surface area (Å²) in [4.78, 5) is 43.7. The van der Waals surface area contributed by atoms with Gasteiger partial charge < -0.3 is 25.0 Å². The Morgan fingerprint density at radius 3 is 2.37 bits per heavy atom. The van der Waals surface area contributed by atoms with Crippen LogP contribution in [0, 0.1) is 41.4 Å². The van der Waals surface area contributed by atoms with Crippen LogP contribution in [0.25, 0.3) is 0 Å². The lowest BCUT2D eigenvalue weighted by Gasteiger charge is -2.50. The molecular weight excluding hydrogens is 544 g/mol. The van der Waals surface area contributed by atoms with E-state index in [-0.39, 0.29) is 54.0 Å². The van der Waals surface area contributed by atoms with Gasteiger partial charge in [0.2, 0.25) is 17.7 Å². The molecule has 0 aromatic heterocycles. The van der Waals surface area contributed by atoms with Gasteiger partial charge in [-0.25, -0.2) is 0 Å². The lowest BCUT2D eigenvalue weighted by Crippen LogP contribution is -2.56. The minimum Gasteiger partial charge on any atom is -0.381 e. The second kappa shape index (κ2) is 15.0. The first kappa shape index (κ1) is 32.7. The Balaban J connectivity index is 1.25. The van der Waals surface area contributed by atoms with E-state index in [1.54, 1.807) is 0 Å². The molecule has 244 valence electrons. The second-order valence-corrected chi connectivity index (χ2v) is 14.6. The maximum absolute atomic E-state index is 14.0. The topological polar surface area (TPSA) is 100 Å². The van der Waals surface area contributed by atoms with Crippen molar-refractivity contribution in [1.82, 2.24) is 20.4 Å². The zero-order chi connectivity index (χ0) is 30.5. The number of hydrogen-bond acceptors (Lipinski definition) is 6. The largest absolute Gasteiger partial charge is 0.381 e. The summed E-state index contributed by atoms with van der Waals surface area (Å²) < 4.78 is 11.0. The predicted octanol–water partition coefficient (Wildman–Crippen LogP) is 3.46. The molecule has 0 bridgehead atoms. The van der Waals surface area contributed by atoms with Crippen molar-refractivity contribution in [2.75, 3.05) is 52.6 Å². The van der Waals surface area contributed by atoms with Crippen molar-refractivity contribution in [3.8, 4) is 0 Å². The number of nitrogens with one attached hydrogen (secondary N) is 2. The molecule has 0 aromatic rings. The molecule has 7 unspecified atom stereocenters. The molecule has 0 aromatic carbocycles. The molecule has 5 rings (SSSR count). The first-order valence-corrected chi connectivity index (χ1v) is 17.5. The summed E-state index contributed by atoms with van der Waals surface area (Å²) >= 11 is 0. The van der Waals surface area contributed by atoms with Crippen molar-refractivity contribution in [2.45, 2.75) is 104 Å². The molecule has 5 aliphatic rings. The minimum atomic E-state index is -0.159. The lowest BCUT2D eigenvalue weighted by molar-refractivity contribution is -0.143. The molecule has 2 N–H and O–H groups in total. The number of nitrogens with zero attached hydrogens (tertiary/aromatic N) is 2. The van der Waals surface area contributed by atoms with Crippen LogP contribution in [0.5, 0.6) is 0 Å². The predicted molar refractivity (Wildman–Crippen MR) is 166 cm³/mol. The highest BCUT2D eigenvalue weighted by molar-refractivity contribution is 5.83. The van der Waals surface area contributed by atoms with E-state index in [0.29, 0.717) is 43.0 Å². The van der Waals surface area contributed by atoms with Gasteiger partial charge in [-0.05, 0) is 101 Å². The highest BCUT2D eigenvalue weighted by Gasteiger charge is 2.45. The fraction of sp³-hybridized carbons (Fsp3) is 0.912. The third-order valence-corrected chi connectivity index (χ3v) is 11.9. The Bertz CT molecular complexity index is 949. The van der Waals surface area contributed by atoms with Gasteiger partial charge in [-0.3, -0.25) is 19.3 Å². The fourth-order valence-electron chi connectivity index (χ4n) is 9.30. The Morgan fingerprint density at radius 1 is 0.953 bits per heavy atom. The third-order valence-electron chi connectivity index (χ3n) is 11.9. The summed E-state index contributed by atoms with van der Waals surface area (Å²) in [6, 6.07) is 1.09. The van der Waals surface area contributed by atoms with Crippen LogP contribution in [0.1, 0.15) is 85.5 Å². The lowest BCUT2D eigenvalue weighted by atomic mass is 9.63. The number of hydrogen-bond donors (Lipinski definition) is 2. The van der Waals surface area contributed by atoms with Gasteiger partial charge in [-0.2, -0.15) is 0 Å². The van der Waals surface area contributed by atoms with E-state index in [1.165, 1.54) is 12.8 Å². The summed E-state index contributed by atoms with van der Waals surface area (Å²) in [6.45, 7) is 14.3. The van der Waals surface area contributed by atoms with Crippen LogP contribution in [0.4, 0.5) is 0 Å². The van der Waals surface area contributed by atoms with E-state index in [1.807, 2.05) is 4.90 Å². The fourth-order valence-corrected chi connectivity index (χ4v) is 9.30. The number of carbonyl (C=O) groups is 3. The Morgan fingerprint density at radius 2 is 1.70 bits per heavy atom. The van der Waals surface area contributed by atoms with Crippen molar-refractivity contribution in [3.63, 3.8) is 0 Å². The average molecular weight is 603 g/mol. The molecule has 2 saturated carbocycles. The highest BCUT2D eigenvalue weighted by atomic mass is 16.5. The van der Waals surface area contributed by atoms with Gasteiger partial charge in [0.05, 0.1) is 12.5 Å². The van der Waals surface area contributed by atoms with Gasteiger partial charge in [0.15, 0.2) is 0 Å². The average Bonchev–Trinajstić information content (AvgIpc) is 3.00. The van der Waals surface area contributed by atoms with Crippen LogP contribution >= 0.6 is 0 Å². The Labute approximate surface area is 259 Å². The van der Waals surface area contributed by atoms with Crippen molar-refractivity contribution in [1.29, 1.82) is 0 Å². The minimum absolute atomic E-state index is 0.0396. The second-order valence-electron chi connectivity index (χ2n) is 14.6. The molecule has 7 atom stereocenters. The van der Waals surface area contributed by atoms with Gasteiger partial charge in [-0.1, -0.05) is 20.8 Å². The summed E-state index contributed by atoms with van der Waals surface area (Å²) in [5.74, 6) is 2.40. The van der Waals surface area contributed by atoms with Crippen LogP contribution in [-0.2, 0) is 23.9 Å². The molecule has 5 fully saturated rings. The van der Waals surface area contributed by atoms with Crippen LogP contribution in [0.2, 0.25) is 0 Å². The molecule has 3 saturated heterocycles. The number of piperidine rings is 1. The molecule has 43 heavy (non-hydrogen) atoms. The summed E-state index contributed by atoms with van der Waals surface area (Å²) in [7, 11) is 0. The molecule has 9 nitrogen and oxygen atoms in total.